The summed E-state index contributed by atoms with van der Waals surface area (Å²) in [5.41, 5.74) is 7.64. The highest BCUT2D eigenvalue weighted by Crippen LogP contribution is 2.33. The maximum atomic E-state index is 12.7. The number of carbonyl (C=O) groups is 1. The maximum Gasteiger partial charge on any atom is 0.252 e. The molecule has 1 saturated heterocycles. The van der Waals surface area contributed by atoms with Gasteiger partial charge in [0.1, 0.15) is 0 Å². The van der Waals surface area contributed by atoms with Gasteiger partial charge >= 0.3 is 0 Å². The van der Waals surface area contributed by atoms with E-state index >= 15 is 0 Å². The Kier molecular flexibility index (Phi) is 4.68. The van der Waals surface area contributed by atoms with Gasteiger partial charge in [0.15, 0.2) is 0 Å². The molecule has 1 aliphatic heterocycles. The van der Waals surface area contributed by atoms with Crippen molar-refractivity contribution < 1.29 is 9.53 Å². The van der Waals surface area contributed by atoms with Crippen molar-refractivity contribution in [1.29, 1.82) is 0 Å². The van der Waals surface area contributed by atoms with E-state index in [4.69, 9.17) is 10.5 Å². The predicted octanol–water partition coefficient (Wildman–Crippen LogP) is 3.47. The molecule has 0 atom stereocenters. The number of hydrogen-bond acceptors (Lipinski definition) is 3. The lowest BCUT2D eigenvalue weighted by Crippen LogP contribution is -2.49. The summed E-state index contributed by atoms with van der Waals surface area (Å²) in [6, 6.07) is 15.1. The Labute approximate surface area is 144 Å². The van der Waals surface area contributed by atoms with Crippen LogP contribution in [0.2, 0.25) is 0 Å². The van der Waals surface area contributed by atoms with Gasteiger partial charge in [-0.25, -0.2) is 0 Å². The van der Waals surface area contributed by atoms with Crippen LogP contribution in [0.15, 0.2) is 53.0 Å². The summed E-state index contributed by atoms with van der Waals surface area (Å²) in [5.74, 6) is -0.109. The Morgan fingerprint density at radius 2 is 1.83 bits per heavy atom. The van der Waals surface area contributed by atoms with E-state index in [1.165, 1.54) is 0 Å². The van der Waals surface area contributed by atoms with Gasteiger partial charge < -0.3 is 15.8 Å². The first-order chi connectivity index (χ1) is 11.1. The molecule has 2 aromatic rings. The van der Waals surface area contributed by atoms with Gasteiger partial charge in [0.25, 0.3) is 5.91 Å². The van der Waals surface area contributed by atoms with Crippen LogP contribution in [0, 0.1) is 0 Å². The molecule has 3 N–H and O–H groups in total. The number of nitrogen functional groups attached to an aromatic ring is 1. The molecule has 1 amide bonds. The van der Waals surface area contributed by atoms with Crippen molar-refractivity contribution in [2.45, 2.75) is 18.4 Å². The fraction of sp³-hybridized carbons (Fsp3) is 0.278. The van der Waals surface area contributed by atoms with Crippen molar-refractivity contribution >= 4 is 27.5 Å². The number of benzene rings is 2. The third kappa shape index (κ3) is 3.57. The van der Waals surface area contributed by atoms with Gasteiger partial charge in [-0.1, -0.05) is 34.1 Å². The summed E-state index contributed by atoms with van der Waals surface area (Å²) in [7, 11) is 0. The van der Waals surface area contributed by atoms with E-state index in [1.807, 2.05) is 12.1 Å². The second kappa shape index (κ2) is 6.72. The van der Waals surface area contributed by atoms with Crippen LogP contribution in [0.3, 0.4) is 0 Å². The molecule has 3 rings (SSSR count). The molecule has 0 aliphatic carbocycles. The third-order valence-corrected chi connectivity index (χ3v) is 4.77. The third-order valence-electron chi connectivity index (χ3n) is 4.24. The molecular weight excluding hydrogens is 356 g/mol. The molecule has 1 heterocycles. The van der Waals surface area contributed by atoms with Crippen molar-refractivity contribution in [3.05, 3.63) is 64.1 Å². The van der Waals surface area contributed by atoms with Crippen LogP contribution in [-0.2, 0) is 10.3 Å². The van der Waals surface area contributed by atoms with Crippen LogP contribution in [-0.4, -0.2) is 19.1 Å². The van der Waals surface area contributed by atoms with Crippen LogP contribution in [0.25, 0.3) is 0 Å². The molecule has 5 heteroatoms. The van der Waals surface area contributed by atoms with E-state index in [9.17, 15) is 4.79 Å². The van der Waals surface area contributed by atoms with Crippen LogP contribution in [0.1, 0.15) is 28.8 Å². The van der Waals surface area contributed by atoms with Gasteiger partial charge in [0, 0.05) is 28.9 Å². The van der Waals surface area contributed by atoms with Gasteiger partial charge in [-0.3, -0.25) is 4.79 Å². The average molecular weight is 375 g/mol. The van der Waals surface area contributed by atoms with E-state index in [-0.39, 0.29) is 5.91 Å². The minimum atomic E-state index is -0.402. The fourth-order valence-electron chi connectivity index (χ4n) is 2.94. The second-order valence-corrected chi connectivity index (χ2v) is 6.70. The van der Waals surface area contributed by atoms with Crippen molar-refractivity contribution in [2.24, 2.45) is 0 Å². The minimum Gasteiger partial charge on any atom is -0.399 e. The number of rotatable bonds is 3. The molecule has 1 aliphatic rings. The van der Waals surface area contributed by atoms with Crippen LogP contribution in [0.4, 0.5) is 5.69 Å². The van der Waals surface area contributed by atoms with Gasteiger partial charge in [0.2, 0.25) is 0 Å². The Bertz CT molecular complexity index is 694. The standard InChI is InChI=1S/C18H19BrN2O2/c19-15-6-4-14(5-7-15)18(8-10-23-11-9-18)21-17(22)13-2-1-3-16(20)12-13/h1-7,12H,8-11,20H2,(H,21,22). The van der Waals surface area contributed by atoms with E-state index in [2.05, 4.69) is 33.4 Å². The molecule has 0 radical (unpaired) electrons. The molecule has 4 nitrogen and oxygen atoms in total. The zero-order valence-electron chi connectivity index (χ0n) is 12.7. The van der Waals surface area contributed by atoms with Crippen LogP contribution < -0.4 is 11.1 Å². The highest BCUT2D eigenvalue weighted by Gasteiger charge is 2.36. The monoisotopic (exact) mass is 374 g/mol. The first kappa shape index (κ1) is 16.0. The molecular formula is C18H19BrN2O2. The Morgan fingerprint density at radius 3 is 2.48 bits per heavy atom. The zero-order chi connectivity index (χ0) is 16.3. The number of carbonyl (C=O) groups excluding carboxylic acids is 1. The number of nitrogens with one attached hydrogen (secondary N) is 1. The number of amides is 1. The highest BCUT2D eigenvalue weighted by atomic mass is 79.9. The molecule has 1 fully saturated rings. The van der Waals surface area contributed by atoms with Crippen molar-refractivity contribution in [2.75, 3.05) is 18.9 Å². The van der Waals surface area contributed by atoms with Gasteiger partial charge in [-0.05, 0) is 48.7 Å². The van der Waals surface area contributed by atoms with Crippen molar-refractivity contribution in [3.63, 3.8) is 0 Å². The lowest BCUT2D eigenvalue weighted by Gasteiger charge is -2.38. The van der Waals surface area contributed by atoms with E-state index in [1.54, 1.807) is 24.3 Å². The lowest BCUT2D eigenvalue weighted by atomic mass is 9.82. The number of hydrogen-bond donors (Lipinski definition) is 2. The summed E-state index contributed by atoms with van der Waals surface area (Å²) < 4.78 is 6.51. The van der Waals surface area contributed by atoms with Crippen molar-refractivity contribution in [1.82, 2.24) is 5.32 Å². The number of ether oxygens (including phenoxy) is 1. The first-order valence-corrected chi connectivity index (χ1v) is 8.40. The molecule has 0 unspecified atom stereocenters. The van der Waals surface area contributed by atoms with Crippen LogP contribution in [0.5, 0.6) is 0 Å². The molecule has 2 aromatic carbocycles. The second-order valence-electron chi connectivity index (χ2n) is 5.78. The average Bonchev–Trinajstić information content (AvgIpc) is 2.56. The summed E-state index contributed by atoms with van der Waals surface area (Å²) in [4.78, 5) is 12.7. The maximum absolute atomic E-state index is 12.7. The molecule has 0 spiro atoms. The Balaban J connectivity index is 1.90. The largest absolute Gasteiger partial charge is 0.399 e. The number of anilines is 1. The van der Waals surface area contributed by atoms with Gasteiger partial charge in [-0.2, -0.15) is 0 Å². The van der Waals surface area contributed by atoms with E-state index < -0.39 is 5.54 Å². The molecule has 120 valence electrons. The number of halogens is 1. The number of nitrogens with two attached hydrogens (primary N) is 1. The summed E-state index contributed by atoms with van der Waals surface area (Å²) >= 11 is 3.46. The van der Waals surface area contributed by atoms with E-state index in [0.29, 0.717) is 24.5 Å². The SMILES string of the molecule is Nc1cccc(C(=O)NC2(c3ccc(Br)cc3)CCOCC2)c1. The summed E-state index contributed by atoms with van der Waals surface area (Å²) in [6.45, 7) is 1.26. The van der Waals surface area contributed by atoms with Crippen LogP contribution >= 0.6 is 15.9 Å². The molecule has 0 aromatic heterocycles. The first-order valence-electron chi connectivity index (χ1n) is 7.61. The topological polar surface area (TPSA) is 64.4 Å². The van der Waals surface area contributed by atoms with E-state index in [0.717, 1.165) is 22.9 Å². The fourth-order valence-corrected chi connectivity index (χ4v) is 3.21. The molecule has 23 heavy (non-hydrogen) atoms. The minimum absolute atomic E-state index is 0.109. The molecule has 0 bridgehead atoms. The van der Waals surface area contributed by atoms with Gasteiger partial charge in [-0.15, -0.1) is 0 Å². The zero-order valence-corrected chi connectivity index (χ0v) is 14.3. The Hall–Kier alpha value is -1.85. The lowest BCUT2D eigenvalue weighted by molar-refractivity contribution is 0.0345. The van der Waals surface area contributed by atoms with Gasteiger partial charge in [0.05, 0.1) is 5.54 Å². The molecule has 0 saturated carbocycles. The Morgan fingerprint density at radius 1 is 1.13 bits per heavy atom. The quantitative estimate of drug-likeness (QED) is 0.808. The predicted molar refractivity (Wildman–Crippen MR) is 94.2 cm³/mol. The normalized spacial score (nSPS) is 16.7. The highest BCUT2D eigenvalue weighted by molar-refractivity contribution is 9.10. The van der Waals surface area contributed by atoms with Crippen molar-refractivity contribution in [3.8, 4) is 0 Å². The smallest absolute Gasteiger partial charge is 0.252 e. The summed E-state index contributed by atoms with van der Waals surface area (Å²) in [6.07, 6.45) is 1.51. The summed E-state index contributed by atoms with van der Waals surface area (Å²) in [5, 5.41) is 3.22.